The molecule has 1 N–H and O–H groups in total. The van der Waals surface area contributed by atoms with Crippen molar-refractivity contribution in [2.24, 2.45) is 0 Å². The molecule has 2 aromatic carbocycles. The predicted octanol–water partition coefficient (Wildman–Crippen LogP) is 3.12. The standard InChI is InChI=1S/C18H13N5O4/c1-11-14(23(25)26)8-5-9-15(11)27-18-20-16-13(17(24)21-18)10-19-22(16)12-6-3-2-4-7-12/h2-10H,1H3,(H,20,21,24). The third-order valence-electron chi connectivity index (χ3n) is 4.08. The summed E-state index contributed by atoms with van der Waals surface area (Å²) in [6, 6.07) is 13.6. The van der Waals surface area contributed by atoms with Crippen LogP contribution in [-0.4, -0.2) is 24.7 Å². The van der Waals surface area contributed by atoms with Crippen LogP contribution in [0.2, 0.25) is 0 Å². The monoisotopic (exact) mass is 363 g/mol. The molecule has 0 saturated carbocycles. The first-order chi connectivity index (χ1) is 13.0. The number of rotatable bonds is 4. The van der Waals surface area contributed by atoms with Crippen molar-refractivity contribution in [2.75, 3.05) is 0 Å². The Morgan fingerprint density at radius 1 is 1.15 bits per heavy atom. The van der Waals surface area contributed by atoms with Gasteiger partial charge in [0.2, 0.25) is 0 Å². The fraction of sp³-hybridized carbons (Fsp3) is 0.0556. The maximum atomic E-state index is 12.4. The van der Waals surface area contributed by atoms with Gasteiger partial charge in [0.05, 0.1) is 22.4 Å². The number of nitro groups is 1. The largest absolute Gasteiger partial charge is 0.425 e. The van der Waals surface area contributed by atoms with Gasteiger partial charge in [-0.15, -0.1) is 0 Å². The lowest BCUT2D eigenvalue weighted by Gasteiger charge is -2.08. The highest BCUT2D eigenvalue weighted by Gasteiger charge is 2.17. The van der Waals surface area contributed by atoms with Crippen molar-refractivity contribution in [3.05, 3.63) is 80.8 Å². The number of nitrogens with one attached hydrogen (secondary N) is 1. The van der Waals surface area contributed by atoms with Crippen LogP contribution in [0.25, 0.3) is 16.7 Å². The summed E-state index contributed by atoms with van der Waals surface area (Å²) in [5.41, 5.74) is 0.901. The molecule has 0 bridgehead atoms. The molecule has 0 spiro atoms. The van der Waals surface area contributed by atoms with Crippen LogP contribution in [-0.2, 0) is 0 Å². The molecular formula is C18H13N5O4. The van der Waals surface area contributed by atoms with Crippen LogP contribution in [0.15, 0.2) is 59.5 Å². The zero-order valence-electron chi connectivity index (χ0n) is 14.1. The first kappa shape index (κ1) is 16.5. The van der Waals surface area contributed by atoms with Gasteiger partial charge in [0.15, 0.2) is 5.65 Å². The molecule has 0 aliphatic rings. The number of hydrogen-bond acceptors (Lipinski definition) is 6. The number of para-hydroxylation sites is 1. The van der Waals surface area contributed by atoms with E-state index in [0.29, 0.717) is 16.6 Å². The van der Waals surface area contributed by atoms with E-state index in [2.05, 4.69) is 15.1 Å². The molecule has 0 aliphatic heterocycles. The van der Waals surface area contributed by atoms with Crippen molar-refractivity contribution in [2.45, 2.75) is 6.92 Å². The van der Waals surface area contributed by atoms with Crippen LogP contribution in [0.4, 0.5) is 5.69 Å². The highest BCUT2D eigenvalue weighted by atomic mass is 16.6. The van der Waals surface area contributed by atoms with Crippen LogP contribution in [0.5, 0.6) is 11.8 Å². The van der Waals surface area contributed by atoms with Crippen molar-refractivity contribution in [3.8, 4) is 17.4 Å². The van der Waals surface area contributed by atoms with E-state index in [0.717, 1.165) is 5.69 Å². The second-order valence-electron chi connectivity index (χ2n) is 5.76. The fourth-order valence-corrected chi connectivity index (χ4v) is 2.72. The summed E-state index contributed by atoms with van der Waals surface area (Å²) in [6.45, 7) is 1.57. The minimum atomic E-state index is -0.494. The minimum absolute atomic E-state index is 0.0752. The Bertz CT molecular complexity index is 1210. The molecule has 0 unspecified atom stereocenters. The Morgan fingerprint density at radius 2 is 1.93 bits per heavy atom. The quantitative estimate of drug-likeness (QED) is 0.440. The smallest absolute Gasteiger partial charge is 0.304 e. The molecule has 134 valence electrons. The molecule has 0 aliphatic carbocycles. The molecule has 9 heteroatoms. The fourth-order valence-electron chi connectivity index (χ4n) is 2.72. The highest BCUT2D eigenvalue weighted by Crippen LogP contribution is 2.29. The van der Waals surface area contributed by atoms with Gasteiger partial charge in [0, 0.05) is 6.07 Å². The van der Waals surface area contributed by atoms with E-state index < -0.39 is 10.5 Å². The molecular weight excluding hydrogens is 350 g/mol. The third kappa shape index (κ3) is 2.91. The van der Waals surface area contributed by atoms with Crippen molar-refractivity contribution < 1.29 is 9.66 Å². The number of hydrogen-bond donors (Lipinski definition) is 1. The first-order valence-electron chi connectivity index (χ1n) is 8.00. The van der Waals surface area contributed by atoms with E-state index in [4.69, 9.17) is 4.74 Å². The summed E-state index contributed by atoms with van der Waals surface area (Å²) in [4.78, 5) is 29.8. The number of nitro benzene ring substituents is 1. The van der Waals surface area contributed by atoms with Gasteiger partial charge in [-0.1, -0.05) is 24.3 Å². The second kappa shape index (κ2) is 6.37. The SMILES string of the molecule is Cc1c(Oc2nc3c(cnn3-c3ccccc3)c(=O)[nH]2)cccc1[N+](=O)[O-]. The number of H-pyrrole nitrogens is 1. The summed E-state index contributed by atoms with van der Waals surface area (Å²) in [7, 11) is 0. The van der Waals surface area contributed by atoms with E-state index >= 15 is 0 Å². The van der Waals surface area contributed by atoms with Gasteiger partial charge in [-0.2, -0.15) is 10.1 Å². The van der Waals surface area contributed by atoms with E-state index in [1.54, 1.807) is 13.0 Å². The molecule has 0 fully saturated rings. The van der Waals surface area contributed by atoms with E-state index in [-0.39, 0.29) is 17.4 Å². The van der Waals surface area contributed by atoms with Gasteiger partial charge >= 0.3 is 6.01 Å². The van der Waals surface area contributed by atoms with Gasteiger partial charge in [0.1, 0.15) is 11.1 Å². The van der Waals surface area contributed by atoms with E-state index in [9.17, 15) is 14.9 Å². The first-order valence-corrected chi connectivity index (χ1v) is 8.00. The zero-order chi connectivity index (χ0) is 19.0. The van der Waals surface area contributed by atoms with Crippen LogP contribution in [0.1, 0.15) is 5.56 Å². The molecule has 0 amide bonds. The molecule has 2 heterocycles. The minimum Gasteiger partial charge on any atom is -0.425 e. The normalized spacial score (nSPS) is 10.9. The average molecular weight is 363 g/mol. The van der Waals surface area contributed by atoms with Crippen LogP contribution in [0.3, 0.4) is 0 Å². The molecule has 27 heavy (non-hydrogen) atoms. The number of fused-ring (bicyclic) bond motifs is 1. The van der Waals surface area contributed by atoms with E-state index in [1.165, 1.54) is 23.0 Å². The number of aromatic amines is 1. The summed E-state index contributed by atoms with van der Waals surface area (Å²) in [5, 5.41) is 15.6. The number of aromatic nitrogens is 4. The van der Waals surface area contributed by atoms with Crippen LogP contribution in [0, 0.1) is 17.0 Å². The summed E-state index contributed by atoms with van der Waals surface area (Å²) >= 11 is 0. The van der Waals surface area contributed by atoms with Crippen LogP contribution < -0.4 is 10.3 Å². The van der Waals surface area contributed by atoms with Gasteiger partial charge in [0.25, 0.3) is 11.2 Å². The second-order valence-corrected chi connectivity index (χ2v) is 5.76. The Kier molecular flexibility index (Phi) is 3.88. The Labute approximate surface area is 152 Å². The van der Waals surface area contributed by atoms with Crippen molar-refractivity contribution >= 4 is 16.7 Å². The van der Waals surface area contributed by atoms with Crippen LogP contribution >= 0.6 is 0 Å². The summed E-state index contributed by atoms with van der Waals surface area (Å²) < 4.78 is 7.16. The van der Waals surface area contributed by atoms with Gasteiger partial charge in [-0.3, -0.25) is 19.9 Å². The summed E-state index contributed by atoms with van der Waals surface area (Å²) in [5.74, 6) is 0.234. The highest BCUT2D eigenvalue weighted by molar-refractivity contribution is 5.75. The van der Waals surface area contributed by atoms with Crippen molar-refractivity contribution in [1.29, 1.82) is 0 Å². The Morgan fingerprint density at radius 3 is 2.67 bits per heavy atom. The van der Waals surface area contributed by atoms with Gasteiger partial charge in [-0.05, 0) is 25.1 Å². The zero-order valence-corrected chi connectivity index (χ0v) is 14.1. The lowest BCUT2D eigenvalue weighted by atomic mass is 10.2. The molecule has 0 atom stereocenters. The van der Waals surface area contributed by atoms with E-state index in [1.807, 2.05) is 30.3 Å². The third-order valence-corrected chi connectivity index (χ3v) is 4.08. The molecule has 0 radical (unpaired) electrons. The Hall–Kier alpha value is -4.01. The Balaban J connectivity index is 1.81. The number of ether oxygens (including phenoxy) is 1. The lowest BCUT2D eigenvalue weighted by Crippen LogP contribution is -2.10. The van der Waals surface area contributed by atoms with Gasteiger partial charge < -0.3 is 4.74 Å². The van der Waals surface area contributed by atoms with Gasteiger partial charge in [-0.25, -0.2) is 4.68 Å². The maximum absolute atomic E-state index is 12.4. The molecule has 4 aromatic rings. The molecule has 0 saturated heterocycles. The predicted molar refractivity (Wildman–Crippen MR) is 97.4 cm³/mol. The molecule has 2 aromatic heterocycles. The lowest BCUT2D eigenvalue weighted by molar-refractivity contribution is -0.385. The molecule has 4 rings (SSSR count). The maximum Gasteiger partial charge on any atom is 0.304 e. The average Bonchev–Trinajstić information content (AvgIpc) is 3.08. The molecule has 9 nitrogen and oxygen atoms in total. The number of nitrogens with zero attached hydrogens (tertiary/aromatic N) is 4. The summed E-state index contributed by atoms with van der Waals surface area (Å²) in [6.07, 6.45) is 1.43. The van der Waals surface area contributed by atoms with Crippen molar-refractivity contribution in [1.82, 2.24) is 19.7 Å². The number of benzene rings is 2. The topological polar surface area (TPSA) is 116 Å². The van der Waals surface area contributed by atoms with Crippen molar-refractivity contribution in [3.63, 3.8) is 0 Å².